The number of rotatable bonds is 1. The molecule has 1 fully saturated rings. The first-order chi connectivity index (χ1) is 6.30. The molecule has 1 heteroatoms. The van der Waals surface area contributed by atoms with Crippen molar-refractivity contribution in [2.24, 2.45) is 0 Å². The van der Waals surface area contributed by atoms with Gasteiger partial charge in [-0.3, -0.25) is 4.90 Å². The second-order valence-electron chi connectivity index (χ2n) is 3.09. The van der Waals surface area contributed by atoms with Gasteiger partial charge in [-0.1, -0.05) is 19.1 Å². The zero-order chi connectivity index (χ0) is 9.68. The van der Waals surface area contributed by atoms with Gasteiger partial charge < -0.3 is 0 Å². The molecule has 0 radical (unpaired) electrons. The summed E-state index contributed by atoms with van der Waals surface area (Å²) in [6.45, 7) is 9.70. The van der Waals surface area contributed by atoms with Crippen molar-refractivity contribution in [3.63, 3.8) is 0 Å². The van der Waals surface area contributed by atoms with Crippen molar-refractivity contribution >= 4 is 0 Å². The van der Waals surface area contributed by atoms with Gasteiger partial charge in [0.25, 0.3) is 0 Å². The van der Waals surface area contributed by atoms with Crippen LogP contribution in [0.4, 0.5) is 0 Å². The maximum Gasteiger partial charge on any atom is 0.0605 e. The lowest BCUT2D eigenvalue weighted by Gasteiger charge is -2.26. The van der Waals surface area contributed by atoms with E-state index in [1.807, 2.05) is 0 Å². The summed E-state index contributed by atoms with van der Waals surface area (Å²) in [5.41, 5.74) is 8.20. The largest absolute Gasteiger partial charge is 0.283 e. The van der Waals surface area contributed by atoms with Crippen molar-refractivity contribution in [1.29, 1.82) is 0 Å². The summed E-state index contributed by atoms with van der Waals surface area (Å²) in [5.74, 6) is 2.63. The Hall–Kier alpha value is -1.44. The average Bonchev–Trinajstić information content (AvgIpc) is 2.17. The third-order valence-electron chi connectivity index (χ3n) is 2.07. The molecule has 0 N–H and O–H groups in total. The van der Waals surface area contributed by atoms with Crippen LogP contribution in [-0.2, 0) is 0 Å². The standard InChI is InChI=1S/C12H13N/c1-4-7-13-9-11(5-2)8-12(6-3)10-13/h1H,2-3,7-10H2. The molecule has 13 heavy (non-hydrogen) atoms. The molecule has 0 spiro atoms. The maximum absolute atomic E-state index is 5.25. The van der Waals surface area contributed by atoms with Crippen LogP contribution in [0.1, 0.15) is 6.42 Å². The van der Waals surface area contributed by atoms with Gasteiger partial charge in [0.05, 0.1) is 6.54 Å². The van der Waals surface area contributed by atoms with E-state index in [0.29, 0.717) is 6.54 Å². The van der Waals surface area contributed by atoms with Crippen molar-refractivity contribution in [1.82, 2.24) is 4.90 Å². The second kappa shape index (κ2) is 4.55. The van der Waals surface area contributed by atoms with Crippen LogP contribution in [0.15, 0.2) is 35.8 Å². The van der Waals surface area contributed by atoms with Crippen LogP contribution in [0.25, 0.3) is 0 Å². The molecule has 0 aromatic heterocycles. The zero-order valence-electron chi connectivity index (χ0n) is 7.77. The quantitative estimate of drug-likeness (QED) is 0.429. The third-order valence-corrected chi connectivity index (χ3v) is 2.07. The Morgan fingerprint density at radius 2 is 1.77 bits per heavy atom. The van der Waals surface area contributed by atoms with Crippen molar-refractivity contribution in [3.8, 4) is 12.3 Å². The first kappa shape index (κ1) is 9.65. The predicted octanol–water partition coefficient (Wildman–Crippen LogP) is 1.75. The topological polar surface area (TPSA) is 3.24 Å². The second-order valence-corrected chi connectivity index (χ2v) is 3.09. The molecule has 0 aliphatic carbocycles. The van der Waals surface area contributed by atoms with Crippen molar-refractivity contribution < 1.29 is 0 Å². The Morgan fingerprint density at radius 1 is 1.23 bits per heavy atom. The fourth-order valence-corrected chi connectivity index (χ4v) is 1.44. The summed E-state index contributed by atoms with van der Waals surface area (Å²) in [6, 6.07) is 0. The summed E-state index contributed by atoms with van der Waals surface area (Å²) in [4.78, 5) is 2.16. The molecule has 66 valence electrons. The van der Waals surface area contributed by atoms with Crippen LogP contribution < -0.4 is 0 Å². The van der Waals surface area contributed by atoms with E-state index in [-0.39, 0.29) is 0 Å². The number of likely N-dealkylation sites (tertiary alicyclic amines) is 1. The first-order valence-electron chi connectivity index (χ1n) is 4.21. The third kappa shape index (κ3) is 2.51. The maximum atomic E-state index is 5.25. The van der Waals surface area contributed by atoms with Crippen molar-refractivity contribution in [2.45, 2.75) is 6.42 Å². The van der Waals surface area contributed by atoms with Gasteiger partial charge in [0.1, 0.15) is 0 Å². The molecule has 1 saturated heterocycles. The van der Waals surface area contributed by atoms with Crippen molar-refractivity contribution in [3.05, 3.63) is 35.8 Å². The monoisotopic (exact) mass is 171 g/mol. The van der Waals surface area contributed by atoms with Crippen molar-refractivity contribution in [2.75, 3.05) is 19.6 Å². The van der Waals surface area contributed by atoms with Gasteiger partial charge in [-0.25, -0.2) is 0 Å². The summed E-state index contributed by atoms with van der Waals surface area (Å²) < 4.78 is 0. The molecule has 0 bridgehead atoms. The minimum Gasteiger partial charge on any atom is -0.283 e. The molecule has 1 aliphatic heterocycles. The lowest BCUT2D eigenvalue weighted by atomic mass is 10.0. The van der Waals surface area contributed by atoms with Crippen LogP contribution in [-0.4, -0.2) is 24.5 Å². The molecule has 0 aromatic carbocycles. The average molecular weight is 171 g/mol. The Balaban J connectivity index is 2.78. The predicted molar refractivity (Wildman–Crippen MR) is 55.2 cm³/mol. The van der Waals surface area contributed by atoms with E-state index < -0.39 is 0 Å². The molecule has 1 heterocycles. The van der Waals surface area contributed by atoms with E-state index >= 15 is 0 Å². The normalized spacial score (nSPS) is 17.5. The van der Waals surface area contributed by atoms with E-state index in [1.165, 1.54) is 11.1 Å². The molecule has 1 aliphatic rings. The fraction of sp³-hybridized carbons (Fsp3) is 0.333. The van der Waals surface area contributed by atoms with E-state index in [9.17, 15) is 0 Å². The molecule has 0 unspecified atom stereocenters. The highest BCUT2D eigenvalue weighted by molar-refractivity contribution is 5.21. The highest BCUT2D eigenvalue weighted by atomic mass is 15.1. The molecule has 0 amide bonds. The lowest BCUT2D eigenvalue weighted by molar-refractivity contribution is 0.338. The van der Waals surface area contributed by atoms with E-state index in [4.69, 9.17) is 6.42 Å². The number of terminal acetylenes is 1. The van der Waals surface area contributed by atoms with E-state index in [0.717, 1.165) is 19.5 Å². The van der Waals surface area contributed by atoms with Crippen LogP contribution in [0.2, 0.25) is 0 Å². The molecule has 0 atom stereocenters. The first-order valence-corrected chi connectivity index (χ1v) is 4.21. The van der Waals surface area contributed by atoms with Gasteiger partial charge in [-0.15, -0.1) is 17.9 Å². The van der Waals surface area contributed by atoms with Crippen LogP contribution in [0, 0.1) is 12.3 Å². The highest BCUT2D eigenvalue weighted by Gasteiger charge is 2.16. The number of nitrogens with zero attached hydrogens (tertiary/aromatic N) is 1. The highest BCUT2D eigenvalue weighted by Crippen LogP contribution is 2.17. The molecule has 1 nitrogen and oxygen atoms in total. The van der Waals surface area contributed by atoms with E-state index in [2.05, 4.69) is 35.4 Å². The molecule has 0 aromatic rings. The van der Waals surface area contributed by atoms with Gasteiger partial charge in [0.15, 0.2) is 0 Å². The molecular weight excluding hydrogens is 158 g/mol. The zero-order valence-corrected chi connectivity index (χ0v) is 7.77. The fourth-order valence-electron chi connectivity index (χ4n) is 1.44. The Kier molecular flexibility index (Phi) is 3.38. The van der Waals surface area contributed by atoms with Gasteiger partial charge in [-0.2, -0.15) is 0 Å². The lowest BCUT2D eigenvalue weighted by Crippen LogP contribution is -2.32. The summed E-state index contributed by atoms with van der Waals surface area (Å²) in [7, 11) is 0. The van der Waals surface area contributed by atoms with Gasteiger partial charge >= 0.3 is 0 Å². The smallest absolute Gasteiger partial charge is 0.0605 e. The summed E-state index contributed by atoms with van der Waals surface area (Å²) >= 11 is 0. The number of hydrogen-bond acceptors (Lipinski definition) is 1. The Morgan fingerprint density at radius 3 is 2.15 bits per heavy atom. The van der Waals surface area contributed by atoms with Crippen LogP contribution in [0.3, 0.4) is 0 Å². The van der Waals surface area contributed by atoms with E-state index in [1.54, 1.807) is 0 Å². The minimum atomic E-state index is 0.663. The van der Waals surface area contributed by atoms with Gasteiger partial charge in [0.2, 0.25) is 0 Å². The Labute approximate surface area is 79.7 Å². The number of piperidine rings is 1. The van der Waals surface area contributed by atoms with Crippen LogP contribution in [0.5, 0.6) is 0 Å². The van der Waals surface area contributed by atoms with Crippen LogP contribution >= 0.6 is 0 Å². The molecular formula is C12H13N. The summed E-state index contributed by atoms with van der Waals surface area (Å²) in [6.07, 6.45) is 6.15. The van der Waals surface area contributed by atoms with Gasteiger partial charge in [0, 0.05) is 19.5 Å². The summed E-state index contributed by atoms with van der Waals surface area (Å²) in [5, 5.41) is 0. The molecule has 1 rings (SSSR count). The molecule has 0 saturated carbocycles. The van der Waals surface area contributed by atoms with Gasteiger partial charge in [-0.05, 0) is 11.1 Å². The minimum absolute atomic E-state index is 0.663. The Bertz CT molecular complexity index is 305. The number of hydrogen-bond donors (Lipinski definition) is 0. The SMILES string of the molecule is C#CCN1CC(=C=C)CC(=C=C)C1.